The number of unbranched alkanes of at least 4 members (excludes halogenated alkanes) is 2. The van der Waals surface area contributed by atoms with Crippen LogP contribution in [0.1, 0.15) is 39.5 Å². The normalized spacial score (nSPS) is 12.7. The topological polar surface area (TPSA) is 29.1 Å². The number of amides is 1. The van der Waals surface area contributed by atoms with Crippen molar-refractivity contribution in [2.75, 3.05) is 6.54 Å². The Labute approximate surface area is 123 Å². The summed E-state index contributed by atoms with van der Waals surface area (Å²) in [5.74, 6) is -0.0166. The Bertz CT molecular complexity index is 373. The van der Waals surface area contributed by atoms with Gasteiger partial charge in [0.05, 0.1) is 0 Å². The van der Waals surface area contributed by atoms with Crippen molar-refractivity contribution in [2.45, 2.75) is 39.5 Å². The van der Waals surface area contributed by atoms with Crippen molar-refractivity contribution < 1.29 is 4.79 Å². The number of nitrogens with one attached hydrogen (secondary N) is 1. The highest BCUT2D eigenvalue weighted by atomic mass is 16.1. The van der Waals surface area contributed by atoms with Gasteiger partial charge in [-0.05, 0) is 26.2 Å². The molecule has 0 saturated heterocycles. The van der Waals surface area contributed by atoms with Crippen LogP contribution in [0, 0.1) is 0 Å². The highest BCUT2D eigenvalue weighted by Crippen LogP contribution is 1.94. The standard InChI is InChI=1S/C18H27NO/c1-3-5-7-8-9-10-11-12-13-14-15-16-18(20)19-17-6-4-2/h3,5,7-10,13-16H,4,6,11-12,17H2,1-2H3,(H,19,20)/b5-3+,8-7+,10-9-,14-13+,16-15+. The van der Waals surface area contributed by atoms with E-state index >= 15 is 0 Å². The van der Waals surface area contributed by atoms with Gasteiger partial charge in [-0.15, -0.1) is 0 Å². The average Bonchev–Trinajstić information content (AvgIpc) is 2.45. The molecule has 0 spiro atoms. The number of hydrogen-bond acceptors (Lipinski definition) is 1. The van der Waals surface area contributed by atoms with Crippen LogP contribution < -0.4 is 5.32 Å². The summed E-state index contributed by atoms with van der Waals surface area (Å²) in [6.45, 7) is 4.86. The first-order valence-corrected chi connectivity index (χ1v) is 7.36. The van der Waals surface area contributed by atoms with Crippen molar-refractivity contribution in [3.8, 4) is 0 Å². The Balaban J connectivity index is 3.63. The molecule has 0 heterocycles. The van der Waals surface area contributed by atoms with Crippen LogP contribution >= 0.6 is 0 Å². The third-order valence-corrected chi connectivity index (χ3v) is 2.49. The highest BCUT2D eigenvalue weighted by Gasteiger charge is 1.90. The van der Waals surface area contributed by atoms with Gasteiger partial charge in [0.1, 0.15) is 0 Å². The Morgan fingerprint density at radius 2 is 1.60 bits per heavy atom. The SMILES string of the molecule is C/C=C/C=C/C=C\CC/C=C/C=C/C(=O)NCCCC. The Hall–Kier alpha value is -1.83. The summed E-state index contributed by atoms with van der Waals surface area (Å²) in [7, 11) is 0. The molecule has 0 aromatic carbocycles. The maximum absolute atomic E-state index is 11.3. The van der Waals surface area contributed by atoms with Crippen molar-refractivity contribution in [1.29, 1.82) is 0 Å². The molecule has 1 N–H and O–H groups in total. The van der Waals surface area contributed by atoms with Crippen LogP contribution in [0.5, 0.6) is 0 Å². The quantitative estimate of drug-likeness (QED) is 0.355. The molecule has 110 valence electrons. The molecule has 20 heavy (non-hydrogen) atoms. The van der Waals surface area contributed by atoms with E-state index < -0.39 is 0 Å². The van der Waals surface area contributed by atoms with E-state index in [1.165, 1.54) is 0 Å². The number of rotatable bonds is 10. The van der Waals surface area contributed by atoms with E-state index in [1.807, 2.05) is 43.4 Å². The smallest absolute Gasteiger partial charge is 0.243 e. The molecule has 0 unspecified atom stereocenters. The maximum atomic E-state index is 11.3. The molecule has 0 bridgehead atoms. The van der Waals surface area contributed by atoms with E-state index in [1.54, 1.807) is 12.2 Å². The molecule has 0 aromatic rings. The maximum Gasteiger partial charge on any atom is 0.243 e. The van der Waals surface area contributed by atoms with Crippen LogP contribution in [0.15, 0.2) is 60.8 Å². The van der Waals surface area contributed by atoms with Gasteiger partial charge in [0, 0.05) is 12.6 Å². The highest BCUT2D eigenvalue weighted by molar-refractivity contribution is 5.87. The first-order chi connectivity index (χ1) is 9.81. The van der Waals surface area contributed by atoms with E-state index in [2.05, 4.69) is 24.4 Å². The van der Waals surface area contributed by atoms with E-state index in [0.717, 1.165) is 32.2 Å². The number of carbonyl (C=O) groups is 1. The molecule has 0 rings (SSSR count). The zero-order chi connectivity index (χ0) is 14.9. The van der Waals surface area contributed by atoms with Crippen molar-refractivity contribution in [2.24, 2.45) is 0 Å². The second-order valence-corrected chi connectivity index (χ2v) is 4.35. The fraction of sp³-hybridized carbons (Fsp3) is 0.389. The van der Waals surface area contributed by atoms with Gasteiger partial charge < -0.3 is 5.32 Å². The van der Waals surface area contributed by atoms with Crippen LogP contribution in [0.25, 0.3) is 0 Å². The summed E-state index contributed by atoms with van der Waals surface area (Å²) in [4.78, 5) is 11.3. The fourth-order valence-electron chi connectivity index (χ4n) is 1.37. The fourth-order valence-corrected chi connectivity index (χ4v) is 1.37. The molecule has 0 aliphatic heterocycles. The molecule has 0 aromatic heterocycles. The van der Waals surface area contributed by atoms with Gasteiger partial charge in [-0.25, -0.2) is 0 Å². The minimum absolute atomic E-state index is 0.0166. The molecule has 0 aliphatic carbocycles. The predicted octanol–water partition coefficient (Wildman–Crippen LogP) is 4.48. The molecular formula is C18H27NO. The van der Waals surface area contributed by atoms with Gasteiger partial charge >= 0.3 is 0 Å². The van der Waals surface area contributed by atoms with Crippen LogP contribution in [-0.2, 0) is 4.79 Å². The van der Waals surface area contributed by atoms with Gasteiger partial charge in [0.15, 0.2) is 0 Å². The van der Waals surface area contributed by atoms with Gasteiger partial charge in [-0.1, -0.05) is 68.0 Å². The van der Waals surface area contributed by atoms with Gasteiger partial charge in [-0.2, -0.15) is 0 Å². The van der Waals surface area contributed by atoms with Gasteiger partial charge in [-0.3, -0.25) is 4.79 Å². The van der Waals surface area contributed by atoms with E-state index in [-0.39, 0.29) is 5.91 Å². The molecule has 0 fully saturated rings. The Kier molecular flexibility index (Phi) is 13.8. The average molecular weight is 273 g/mol. The number of hydrogen-bond donors (Lipinski definition) is 1. The molecule has 0 aliphatic rings. The summed E-state index contributed by atoms with van der Waals surface area (Å²) in [6, 6.07) is 0. The third-order valence-electron chi connectivity index (χ3n) is 2.49. The molecule has 1 amide bonds. The second kappa shape index (κ2) is 15.2. The molecule has 2 heteroatoms. The molecular weight excluding hydrogens is 246 g/mol. The summed E-state index contributed by atoms with van der Waals surface area (Å²) in [5.41, 5.74) is 0. The summed E-state index contributed by atoms with van der Waals surface area (Å²) < 4.78 is 0. The first-order valence-electron chi connectivity index (χ1n) is 7.36. The van der Waals surface area contributed by atoms with Crippen LogP contribution in [0.3, 0.4) is 0 Å². The summed E-state index contributed by atoms with van der Waals surface area (Å²) >= 11 is 0. The van der Waals surface area contributed by atoms with Crippen LogP contribution in [-0.4, -0.2) is 12.5 Å². The van der Waals surface area contributed by atoms with Gasteiger partial charge in [0.25, 0.3) is 0 Å². The predicted molar refractivity (Wildman–Crippen MR) is 88.5 cm³/mol. The molecule has 2 nitrogen and oxygen atoms in total. The number of carbonyl (C=O) groups excluding carboxylic acids is 1. The largest absolute Gasteiger partial charge is 0.353 e. The third kappa shape index (κ3) is 14.2. The van der Waals surface area contributed by atoms with Crippen molar-refractivity contribution in [3.05, 3.63) is 60.8 Å². The van der Waals surface area contributed by atoms with Crippen molar-refractivity contribution >= 4 is 5.91 Å². The van der Waals surface area contributed by atoms with E-state index in [4.69, 9.17) is 0 Å². The van der Waals surface area contributed by atoms with Crippen LogP contribution in [0.2, 0.25) is 0 Å². The minimum atomic E-state index is -0.0166. The zero-order valence-corrected chi connectivity index (χ0v) is 12.7. The van der Waals surface area contributed by atoms with Crippen molar-refractivity contribution in [1.82, 2.24) is 5.32 Å². The summed E-state index contributed by atoms with van der Waals surface area (Å²) in [5, 5.41) is 2.84. The lowest BCUT2D eigenvalue weighted by molar-refractivity contribution is -0.116. The molecule has 0 radical (unpaired) electrons. The lowest BCUT2D eigenvalue weighted by Gasteiger charge is -1.98. The van der Waals surface area contributed by atoms with E-state index in [0.29, 0.717) is 0 Å². The molecule has 0 saturated carbocycles. The van der Waals surface area contributed by atoms with Crippen molar-refractivity contribution in [3.63, 3.8) is 0 Å². The first kappa shape index (κ1) is 18.2. The monoisotopic (exact) mass is 273 g/mol. The summed E-state index contributed by atoms with van der Waals surface area (Å²) in [6.07, 6.45) is 23.7. The zero-order valence-electron chi connectivity index (χ0n) is 12.7. The number of allylic oxidation sites excluding steroid dienone is 9. The van der Waals surface area contributed by atoms with Gasteiger partial charge in [0.2, 0.25) is 5.91 Å². The Morgan fingerprint density at radius 1 is 0.950 bits per heavy atom. The molecule has 0 atom stereocenters. The minimum Gasteiger partial charge on any atom is -0.353 e. The lowest BCUT2D eigenvalue weighted by Crippen LogP contribution is -2.21. The second-order valence-electron chi connectivity index (χ2n) is 4.35. The van der Waals surface area contributed by atoms with E-state index in [9.17, 15) is 4.79 Å². The Morgan fingerprint density at radius 3 is 2.25 bits per heavy atom. The van der Waals surface area contributed by atoms with Crippen LogP contribution in [0.4, 0.5) is 0 Å². The lowest BCUT2D eigenvalue weighted by atomic mass is 10.2.